The zero-order valence-electron chi connectivity index (χ0n) is 10.7. The van der Waals surface area contributed by atoms with Gasteiger partial charge in [0.15, 0.2) is 0 Å². The fourth-order valence-corrected chi connectivity index (χ4v) is 1.77. The van der Waals surface area contributed by atoms with Gasteiger partial charge in [0.1, 0.15) is 11.5 Å². The summed E-state index contributed by atoms with van der Waals surface area (Å²) < 4.78 is 1.35. The first-order chi connectivity index (χ1) is 9.40. The first-order valence-corrected chi connectivity index (χ1v) is 5.54. The minimum atomic E-state index is -1.23. The molecule has 104 valence electrons. The van der Waals surface area contributed by atoms with E-state index in [0.717, 1.165) is 0 Å². The highest BCUT2D eigenvalue weighted by Crippen LogP contribution is 2.28. The largest absolute Gasteiger partial charge is 0.465 e. The lowest BCUT2D eigenvalue weighted by atomic mass is 10.2. The van der Waals surface area contributed by atoms with Crippen LogP contribution >= 0.6 is 0 Å². The summed E-state index contributed by atoms with van der Waals surface area (Å²) >= 11 is 0. The number of aromatic nitrogens is 3. The number of rotatable bonds is 3. The zero-order chi connectivity index (χ0) is 14.9. The molecule has 9 nitrogen and oxygen atoms in total. The van der Waals surface area contributed by atoms with Crippen molar-refractivity contribution in [3.05, 3.63) is 34.1 Å². The molecule has 20 heavy (non-hydrogen) atoms. The Morgan fingerprint density at radius 3 is 2.75 bits per heavy atom. The molecule has 0 unspecified atom stereocenters. The van der Waals surface area contributed by atoms with Gasteiger partial charge in [-0.1, -0.05) is 0 Å². The van der Waals surface area contributed by atoms with Gasteiger partial charge in [-0.15, -0.1) is 0 Å². The highest BCUT2D eigenvalue weighted by Gasteiger charge is 2.17. The van der Waals surface area contributed by atoms with Crippen molar-refractivity contribution in [2.75, 3.05) is 5.32 Å². The van der Waals surface area contributed by atoms with E-state index in [4.69, 9.17) is 5.11 Å². The van der Waals surface area contributed by atoms with Crippen LogP contribution in [0.15, 0.2) is 18.3 Å². The molecule has 2 rings (SSSR count). The van der Waals surface area contributed by atoms with Gasteiger partial charge in [-0.25, -0.2) is 9.78 Å². The Hall–Kier alpha value is -2.97. The van der Waals surface area contributed by atoms with E-state index in [1.54, 1.807) is 7.05 Å². The summed E-state index contributed by atoms with van der Waals surface area (Å²) in [6.45, 7) is 1.52. The van der Waals surface area contributed by atoms with Crippen molar-refractivity contribution in [3.8, 4) is 11.3 Å². The molecule has 2 heterocycles. The lowest BCUT2D eigenvalue weighted by molar-refractivity contribution is -0.385. The maximum Gasteiger partial charge on any atom is 0.410 e. The van der Waals surface area contributed by atoms with E-state index in [1.807, 2.05) is 0 Å². The normalized spacial score (nSPS) is 10.3. The van der Waals surface area contributed by atoms with E-state index in [1.165, 1.54) is 29.9 Å². The summed E-state index contributed by atoms with van der Waals surface area (Å²) in [5, 5.41) is 25.7. The molecule has 0 aliphatic heterocycles. The van der Waals surface area contributed by atoms with E-state index < -0.39 is 11.0 Å². The van der Waals surface area contributed by atoms with Gasteiger partial charge in [0, 0.05) is 13.1 Å². The minimum Gasteiger partial charge on any atom is -0.465 e. The third-order valence-corrected chi connectivity index (χ3v) is 2.69. The molecule has 0 spiro atoms. The van der Waals surface area contributed by atoms with E-state index >= 15 is 0 Å². The van der Waals surface area contributed by atoms with Crippen molar-refractivity contribution >= 4 is 17.6 Å². The van der Waals surface area contributed by atoms with Gasteiger partial charge in [0.05, 0.1) is 22.4 Å². The average molecular weight is 277 g/mol. The number of hydrogen-bond acceptors (Lipinski definition) is 5. The summed E-state index contributed by atoms with van der Waals surface area (Å²) in [5.74, 6) is 0.248. The predicted octanol–water partition coefficient (Wildman–Crippen LogP) is 1.79. The molecule has 0 aliphatic rings. The van der Waals surface area contributed by atoms with E-state index in [-0.39, 0.29) is 17.2 Å². The number of hydrogen-bond donors (Lipinski definition) is 2. The molecule has 0 radical (unpaired) electrons. The first kappa shape index (κ1) is 13.5. The lowest BCUT2D eigenvalue weighted by Gasteiger charge is -2.06. The summed E-state index contributed by atoms with van der Waals surface area (Å²) in [6, 6.07) is 2.78. The van der Waals surface area contributed by atoms with Crippen LogP contribution in [0, 0.1) is 17.0 Å². The molecule has 0 atom stereocenters. The maximum absolute atomic E-state index is 10.8. The zero-order valence-corrected chi connectivity index (χ0v) is 10.7. The second-order valence-corrected chi connectivity index (χ2v) is 4.02. The van der Waals surface area contributed by atoms with Crippen LogP contribution in [0.2, 0.25) is 0 Å². The van der Waals surface area contributed by atoms with Gasteiger partial charge < -0.3 is 5.11 Å². The molecule has 0 saturated carbocycles. The van der Waals surface area contributed by atoms with Crippen LogP contribution < -0.4 is 5.32 Å². The van der Waals surface area contributed by atoms with Crippen LogP contribution in [0.5, 0.6) is 0 Å². The van der Waals surface area contributed by atoms with Crippen molar-refractivity contribution in [3.63, 3.8) is 0 Å². The Morgan fingerprint density at radius 1 is 1.50 bits per heavy atom. The molecule has 0 saturated heterocycles. The van der Waals surface area contributed by atoms with Crippen molar-refractivity contribution in [2.24, 2.45) is 7.05 Å². The number of nitrogens with zero attached hydrogens (tertiary/aromatic N) is 4. The number of amides is 1. The highest BCUT2D eigenvalue weighted by atomic mass is 16.6. The predicted molar refractivity (Wildman–Crippen MR) is 69.5 cm³/mol. The molecule has 0 bridgehead atoms. The van der Waals surface area contributed by atoms with Gasteiger partial charge in [-0.05, 0) is 13.0 Å². The third-order valence-electron chi connectivity index (χ3n) is 2.69. The average Bonchev–Trinajstić information content (AvgIpc) is 2.70. The summed E-state index contributed by atoms with van der Waals surface area (Å²) in [4.78, 5) is 25.1. The first-order valence-electron chi connectivity index (χ1n) is 5.54. The molecule has 9 heteroatoms. The Balaban J connectivity index is 2.49. The SMILES string of the molecule is Cc1nc(-c2cnn(C)c2NC(=O)O)ccc1[N+](=O)[O-]. The van der Waals surface area contributed by atoms with Gasteiger partial charge in [-0.2, -0.15) is 5.10 Å². The Labute approximate surface area is 113 Å². The molecular weight excluding hydrogens is 266 g/mol. The number of anilines is 1. The van der Waals surface area contributed by atoms with Crippen LogP contribution in [0.25, 0.3) is 11.3 Å². The Morgan fingerprint density at radius 2 is 2.20 bits per heavy atom. The Kier molecular flexibility index (Phi) is 3.34. The van der Waals surface area contributed by atoms with E-state index in [9.17, 15) is 14.9 Å². The second kappa shape index (κ2) is 4.96. The number of nitro groups is 1. The third kappa shape index (κ3) is 2.41. The van der Waals surface area contributed by atoms with Crippen LogP contribution in [0.1, 0.15) is 5.69 Å². The number of pyridine rings is 1. The number of aryl methyl sites for hydroxylation is 2. The van der Waals surface area contributed by atoms with Crippen LogP contribution in [0.3, 0.4) is 0 Å². The van der Waals surface area contributed by atoms with Crippen molar-refractivity contribution in [2.45, 2.75) is 6.92 Å². The molecule has 2 aromatic heterocycles. The summed E-state index contributed by atoms with van der Waals surface area (Å²) in [7, 11) is 1.58. The summed E-state index contributed by atoms with van der Waals surface area (Å²) in [6.07, 6.45) is 0.215. The maximum atomic E-state index is 10.8. The van der Waals surface area contributed by atoms with Crippen molar-refractivity contribution in [1.82, 2.24) is 14.8 Å². The smallest absolute Gasteiger partial charge is 0.410 e. The fourth-order valence-electron chi connectivity index (χ4n) is 1.77. The van der Waals surface area contributed by atoms with Gasteiger partial charge in [-0.3, -0.25) is 20.1 Å². The standard InChI is InChI=1S/C11H11N5O4/c1-6-9(16(19)20)4-3-8(13-6)7-5-12-15(2)10(7)14-11(17)18/h3-5,14H,1-2H3,(H,17,18). The molecule has 0 aromatic carbocycles. The van der Waals surface area contributed by atoms with Crippen molar-refractivity contribution in [1.29, 1.82) is 0 Å². The van der Waals surface area contributed by atoms with Crippen LogP contribution in [-0.2, 0) is 7.05 Å². The van der Waals surface area contributed by atoms with E-state index in [0.29, 0.717) is 11.3 Å². The highest BCUT2D eigenvalue weighted by molar-refractivity contribution is 5.88. The monoisotopic (exact) mass is 277 g/mol. The minimum absolute atomic E-state index is 0.0922. The lowest BCUT2D eigenvalue weighted by Crippen LogP contribution is -2.12. The van der Waals surface area contributed by atoms with E-state index in [2.05, 4.69) is 15.4 Å². The molecule has 2 N–H and O–H groups in total. The topological polar surface area (TPSA) is 123 Å². The molecular formula is C11H11N5O4. The molecule has 2 aromatic rings. The molecule has 0 aliphatic carbocycles. The number of carboxylic acid groups (broad SMARTS) is 1. The van der Waals surface area contributed by atoms with Crippen molar-refractivity contribution < 1.29 is 14.8 Å². The van der Waals surface area contributed by atoms with Gasteiger partial charge >= 0.3 is 6.09 Å². The summed E-state index contributed by atoms with van der Waals surface area (Å²) in [5.41, 5.74) is 1.01. The molecule has 1 amide bonds. The number of nitrogens with one attached hydrogen (secondary N) is 1. The van der Waals surface area contributed by atoms with Crippen LogP contribution in [-0.4, -0.2) is 30.9 Å². The van der Waals surface area contributed by atoms with Gasteiger partial charge in [0.2, 0.25) is 0 Å². The fraction of sp³-hybridized carbons (Fsp3) is 0.182. The second-order valence-electron chi connectivity index (χ2n) is 4.02. The Bertz CT molecular complexity index is 694. The molecule has 0 fully saturated rings. The quantitative estimate of drug-likeness (QED) is 0.651. The van der Waals surface area contributed by atoms with Crippen LogP contribution in [0.4, 0.5) is 16.3 Å². The number of carbonyl (C=O) groups is 1. The van der Waals surface area contributed by atoms with Gasteiger partial charge in [0.25, 0.3) is 5.69 Å².